The largest absolute Gasteiger partial charge is 0.316 e. The molecule has 20 heavy (non-hydrogen) atoms. The Morgan fingerprint density at radius 3 is 3.00 bits per heavy atom. The Bertz CT molecular complexity index is 536. The van der Waals surface area contributed by atoms with E-state index < -0.39 is 0 Å². The molecule has 1 aliphatic carbocycles. The lowest BCUT2D eigenvalue weighted by Crippen LogP contribution is -2.26. The Labute approximate surface area is 121 Å². The Morgan fingerprint density at radius 1 is 1.15 bits per heavy atom. The number of nitrogens with one attached hydrogen (secondary N) is 1. The number of nitrogens with zero attached hydrogens (tertiary/aromatic N) is 1. The summed E-state index contributed by atoms with van der Waals surface area (Å²) in [5.74, 6) is 0.689. The summed E-state index contributed by atoms with van der Waals surface area (Å²) in [4.78, 5) is 4.16. The highest BCUT2D eigenvalue weighted by atomic mass is 14.9. The zero-order chi connectivity index (χ0) is 13.6. The number of aromatic nitrogens is 1. The van der Waals surface area contributed by atoms with Gasteiger partial charge in [0.05, 0.1) is 0 Å². The quantitative estimate of drug-likeness (QED) is 0.840. The molecule has 0 saturated heterocycles. The van der Waals surface area contributed by atoms with Gasteiger partial charge >= 0.3 is 0 Å². The van der Waals surface area contributed by atoms with Crippen molar-refractivity contribution in [2.75, 3.05) is 13.1 Å². The van der Waals surface area contributed by atoms with Crippen LogP contribution in [-0.2, 0) is 12.8 Å². The van der Waals surface area contributed by atoms with Crippen LogP contribution >= 0.6 is 0 Å². The summed E-state index contributed by atoms with van der Waals surface area (Å²) >= 11 is 0. The lowest BCUT2D eigenvalue weighted by atomic mass is 9.83. The highest BCUT2D eigenvalue weighted by Crippen LogP contribution is 2.30. The predicted molar refractivity (Wildman–Crippen MR) is 82.9 cm³/mol. The molecule has 0 spiro atoms. The number of fused-ring (bicyclic) bond motifs is 1. The minimum atomic E-state index is 0.689. The van der Waals surface area contributed by atoms with Crippen LogP contribution in [0.5, 0.6) is 0 Å². The molecule has 1 atom stereocenters. The molecule has 1 aromatic carbocycles. The lowest BCUT2D eigenvalue weighted by molar-refractivity contribution is 0.509. The van der Waals surface area contributed by atoms with Crippen LogP contribution in [0.3, 0.4) is 0 Å². The van der Waals surface area contributed by atoms with Crippen LogP contribution < -0.4 is 5.32 Å². The molecule has 3 rings (SSSR count). The van der Waals surface area contributed by atoms with Crippen molar-refractivity contribution >= 4 is 0 Å². The highest BCUT2D eigenvalue weighted by Gasteiger charge is 2.18. The van der Waals surface area contributed by atoms with E-state index in [4.69, 9.17) is 0 Å². The molecule has 1 aliphatic rings. The van der Waals surface area contributed by atoms with E-state index >= 15 is 0 Å². The smallest absolute Gasteiger partial charge is 0.0300 e. The van der Waals surface area contributed by atoms with E-state index in [1.165, 1.54) is 24.8 Å². The molecule has 2 nitrogen and oxygen atoms in total. The molecule has 0 aliphatic heterocycles. The average Bonchev–Trinajstić information content (AvgIpc) is 2.53. The van der Waals surface area contributed by atoms with E-state index in [9.17, 15) is 0 Å². The van der Waals surface area contributed by atoms with Gasteiger partial charge in [0, 0.05) is 18.9 Å². The van der Waals surface area contributed by atoms with Crippen LogP contribution in [0.2, 0.25) is 0 Å². The fourth-order valence-corrected chi connectivity index (χ4v) is 3.12. The molecule has 1 N–H and O–H groups in total. The molecule has 2 aromatic rings. The molecule has 0 bridgehead atoms. The molecule has 1 unspecified atom stereocenters. The molecule has 2 heteroatoms. The average molecular weight is 266 g/mol. The number of pyridine rings is 1. The summed E-state index contributed by atoms with van der Waals surface area (Å²) in [6.45, 7) is 2.13. The Hall–Kier alpha value is -1.67. The van der Waals surface area contributed by atoms with Gasteiger partial charge in [0.2, 0.25) is 0 Å². The minimum absolute atomic E-state index is 0.689. The number of rotatable bonds is 5. The fourth-order valence-electron chi connectivity index (χ4n) is 3.12. The van der Waals surface area contributed by atoms with E-state index in [0.29, 0.717) is 5.92 Å². The topological polar surface area (TPSA) is 24.9 Å². The maximum atomic E-state index is 4.16. The summed E-state index contributed by atoms with van der Waals surface area (Å²) in [7, 11) is 0. The molecular weight excluding hydrogens is 244 g/mol. The maximum Gasteiger partial charge on any atom is 0.0300 e. The van der Waals surface area contributed by atoms with Crippen molar-refractivity contribution in [2.24, 2.45) is 0 Å². The second-order valence-electron chi connectivity index (χ2n) is 5.60. The van der Waals surface area contributed by atoms with E-state index in [-0.39, 0.29) is 0 Å². The van der Waals surface area contributed by atoms with Crippen LogP contribution in [0.4, 0.5) is 0 Å². The van der Waals surface area contributed by atoms with Gasteiger partial charge in [0.25, 0.3) is 0 Å². The zero-order valence-electron chi connectivity index (χ0n) is 11.9. The zero-order valence-corrected chi connectivity index (χ0v) is 11.9. The van der Waals surface area contributed by atoms with Crippen molar-refractivity contribution in [3.63, 3.8) is 0 Å². The van der Waals surface area contributed by atoms with Crippen molar-refractivity contribution in [2.45, 2.75) is 31.6 Å². The van der Waals surface area contributed by atoms with Gasteiger partial charge in [0.1, 0.15) is 0 Å². The predicted octanol–water partition coefficient (Wildman–Crippen LogP) is 3.33. The summed E-state index contributed by atoms with van der Waals surface area (Å²) in [6.07, 6.45) is 8.74. The Balaban J connectivity index is 1.50. The van der Waals surface area contributed by atoms with Crippen LogP contribution in [0.25, 0.3) is 0 Å². The third-order valence-electron chi connectivity index (χ3n) is 4.20. The lowest BCUT2D eigenvalue weighted by Gasteiger charge is -2.25. The van der Waals surface area contributed by atoms with Crippen molar-refractivity contribution in [3.05, 3.63) is 65.5 Å². The molecule has 1 heterocycles. The third-order valence-corrected chi connectivity index (χ3v) is 4.20. The van der Waals surface area contributed by atoms with Crippen LogP contribution in [0.15, 0.2) is 48.8 Å². The van der Waals surface area contributed by atoms with Gasteiger partial charge in [0.15, 0.2) is 0 Å². The summed E-state index contributed by atoms with van der Waals surface area (Å²) in [6, 6.07) is 13.1. The molecule has 0 saturated carbocycles. The van der Waals surface area contributed by atoms with Crippen molar-refractivity contribution < 1.29 is 0 Å². The molecule has 0 amide bonds. The highest BCUT2D eigenvalue weighted by molar-refractivity contribution is 5.32. The number of benzene rings is 1. The summed E-state index contributed by atoms with van der Waals surface area (Å²) < 4.78 is 0. The van der Waals surface area contributed by atoms with E-state index in [2.05, 4.69) is 40.6 Å². The fraction of sp³-hybridized carbons (Fsp3) is 0.389. The van der Waals surface area contributed by atoms with Crippen LogP contribution in [0, 0.1) is 0 Å². The van der Waals surface area contributed by atoms with Crippen LogP contribution in [-0.4, -0.2) is 18.1 Å². The van der Waals surface area contributed by atoms with Crippen LogP contribution in [0.1, 0.15) is 35.4 Å². The van der Waals surface area contributed by atoms with E-state index in [0.717, 1.165) is 19.5 Å². The molecule has 1 aromatic heterocycles. The van der Waals surface area contributed by atoms with E-state index in [1.807, 2.05) is 18.5 Å². The SMILES string of the molecule is c1cncc(CCNCC2CCCc3ccccc32)c1. The van der Waals surface area contributed by atoms with Crippen molar-refractivity contribution in [3.8, 4) is 0 Å². The normalized spacial score (nSPS) is 17.7. The second-order valence-corrected chi connectivity index (χ2v) is 5.60. The number of aryl methyl sites for hydroxylation is 1. The van der Waals surface area contributed by atoms with Gasteiger partial charge in [-0.15, -0.1) is 0 Å². The van der Waals surface area contributed by atoms with Crippen molar-refractivity contribution in [1.29, 1.82) is 0 Å². The minimum Gasteiger partial charge on any atom is -0.316 e. The van der Waals surface area contributed by atoms with Gasteiger partial charge in [-0.3, -0.25) is 4.98 Å². The summed E-state index contributed by atoms with van der Waals surface area (Å²) in [5.41, 5.74) is 4.43. The first-order valence-electron chi connectivity index (χ1n) is 7.61. The van der Waals surface area contributed by atoms with E-state index in [1.54, 1.807) is 11.1 Å². The first-order valence-corrected chi connectivity index (χ1v) is 7.61. The first kappa shape index (κ1) is 13.3. The van der Waals surface area contributed by atoms with Crippen molar-refractivity contribution in [1.82, 2.24) is 10.3 Å². The Kier molecular flexibility index (Phi) is 4.44. The summed E-state index contributed by atoms with van der Waals surface area (Å²) in [5, 5.41) is 3.62. The second kappa shape index (κ2) is 6.67. The molecular formula is C18H22N2. The first-order chi connectivity index (χ1) is 9.93. The van der Waals surface area contributed by atoms with Gasteiger partial charge in [-0.2, -0.15) is 0 Å². The molecule has 0 fully saturated rings. The Morgan fingerprint density at radius 2 is 2.10 bits per heavy atom. The van der Waals surface area contributed by atoms with Gasteiger partial charge < -0.3 is 5.32 Å². The van der Waals surface area contributed by atoms with Gasteiger partial charge in [-0.05, 0) is 60.9 Å². The van der Waals surface area contributed by atoms with Gasteiger partial charge in [-0.25, -0.2) is 0 Å². The monoisotopic (exact) mass is 266 g/mol. The standard InChI is InChI=1S/C18H22N2/c1-2-9-18-16(6-1)7-3-8-17(18)14-20-12-10-15-5-4-11-19-13-15/h1-2,4-6,9,11,13,17,20H,3,7-8,10,12,14H2. The molecule has 0 radical (unpaired) electrons. The van der Waals surface area contributed by atoms with Gasteiger partial charge in [-0.1, -0.05) is 30.3 Å². The number of hydrogen-bond acceptors (Lipinski definition) is 2. The number of hydrogen-bond donors (Lipinski definition) is 1. The molecule has 104 valence electrons. The maximum absolute atomic E-state index is 4.16. The third kappa shape index (κ3) is 3.26.